The van der Waals surface area contributed by atoms with Crippen molar-refractivity contribution in [1.82, 2.24) is 14.9 Å². The third kappa shape index (κ3) is 3.29. The molecular formula is C21H23N3O. The van der Waals surface area contributed by atoms with Gasteiger partial charge in [0.1, 0.15) is 12.4 Å². The van der Waals surface area contributed by atoms with E-state index in [-0.39, 0.29) is 5.91 Å². The van der Waals surface area contributed by atoms with Crippen LogP contribution in [0.25, 0.3) is 22.4 Å². The Kier molecular flexibility index (Phi) is 4.26. The van der Waals surface area contributed by atoms with Gasteiger partial charge in [-0.2, -0.15) is 0 Å². The SMILES string of the molecule is Cc1ccc(-c2nc3ccccc3n2CC(=O)NC2CCCC2)cc1. The first-order valence-corrected chi connectivity index (χ1v) is 9.02. The van der Waals surface area contributed by atoms with E-state index in [1.54, 1.807) is 0 Å². The molecule has 0 radical (unpaired) electrons. The number of imidazole rings is 1. The summed E-state index contributed by atoms with van der Waals surface area (Å²) in [5, 5.41) is 3.18. The monoisotopic (exact) mass is 333 g/mol. The third-order valence-corrected chi connectivity index (χ3v) is 4.99. The van der Waals surface area contributed by atoms with E-state index < -0.39 is 0 Å². The summed E-state index contributed by atoms with van der Waals surface area (Å²) in [5.74, 6) is 0.922. The molecule has 4 rings (SSSR count). The molecule has 1 fully saturated rings. The molecule has 3 aromatic rings. The molecule has 25 heavy (non-hydrogen) atoms. The summed E-state index contributed by atoms with van der Waals surface area (Å²) in [4.78, 5) is 17.4. The van der Waals surface area contributed by atoms with Crippen molar-refractivity contribution in [3.8, 4) is 11.4 Å². The summed E-state index contributed by atoms with van der Waals surface area (Å²) >= 11 is 0. The highest BCUT2D eigenvalue weighted by molar-refractivity contribution is 5.84. The molecule has 1 aromatic heterocycles. The van der Waals surface area contributed by atoms with Gasteiger partial charge in [-0.15, -0.1) is 0 Å². The lowest BCUT2D eigenvalue weighted by molar-refractivity contribution is -0.122. The number of rotatable bonds is 4. The van der Waals surface area contributed by atoms with Gasteiger partial charge in [0.2, 0.25) is 5.91 Å². The first-order chi connectivity index (χ1) is 12.2. The second kappa shape index (κ2) is 6.71. The van der Waals surface area contributed by atoms with Gasteiger partial charge in [-0.25, -0.2) is 4.98 Å². The van der Waals surface area contributed by atoms with Crippen LogP contribution in [-0.4, -0.2) is 21.5 Å². The smallest absolute Gasteiger partial charge is 0.240 e. The van der Waals surface area contributed by atoms with Crippen LogP contribution in [0.4, 0.5) is 0 Å². The van der Waals surface area contributed by atoms with Crippen molar-refractivity contribution < 1.29 is 4.79 Å². The molecule has 0 spiro atoms. The molecule has 1 N–H and O–H groups in total. The van der Waals surface area contributed by atoms with Gasteiger partial charge in [0, 0.05) is 11.6 Å². The Hall–Kier alpha value is -2.62. The van der Waals surface area contributed by atoms with E-state index in [1.807, 2.05) is 28.8 Å². The second-order valence-electron chi connectivity index (χ2n) is 6.93. The van der Waals surface area contributed by atoms with Gasteiger partial charge in [0.15, 0.2) is 0 Å². The Morgan fingerprint density at radius 1 is 1.12 bits per heavy atom. The zero-order valence-electron chi connectivity index (χ0n) is 14.5. The number of carbonyl (C=O) groups excluding carboxylic acids is 1. The number of amides is 1. The zero-order chi connectivity index (χ0) is 17.2. The number of nitrogens with zero attached hydrogens (tertiary/aromatic N) is 2. The Morgan fingerprint density at radius 2 is 1.84 bits per heavy atom. The highest BCUT2D eigenvalue weighted by atomic mass is 16.2. The summed E-state index contributed by atoms with van der Waals surface area (Å²) in [6.45, 7) is 2.38. The van der Waals surface area contributed by atoms with Gasteiger partial charge in [-0.3, -0.25) is 4.79 Å². The van der Waals surface area contributed by atoms with Crippen LogP contribution in [0.3, 0.4) is 0 Å². The molecular weight excluding hydrogens is 310 g/mol. The maximum absolute atomic E-state index is 12.6. The first kappa shape index (κ1) is 15.9. The number of hydrogen-bond donors (Lipinski definition) is 1. The number of aryl methyl sites for hydroxylation is 1. The molecule has 128 valence electrons. The van der Waals surface area contributed by atoms with E-state index in [0.29, 0.717) is 12.6 Å². The average molecular weight is 333 g/mol. The fourth-order valence-electron chi connectivity index (χ4n) is 3.65. The molecule has 0 atom stereocenters. The number of nitrogens with one attached hydrogen (secondary N) is 1. The van der Waals surface area contributed by atoms with Crippen LogP contribution >= 0.6 is 0 Å². The minimum absolute atomic E-state index is 0.0726. The van der Waals surface area contributed by atoms with Crippen molar-refractivity contribution in [2.75, 3.05) is 0 Å². The van der Waals surface area contributed by atoms with Gasteiger partial charge in [-0.1, -0.05) is 54.8 Å². The average Bonchev–Trinajstić information content (AvgIpc) is 3.24. The summed E-state index contributed by atoms with van der Waals surface area (Å²) in [5.41, 5.74) is 4.17. The van der Waals surface area contributed by atoms with E-state index in [2.05, 4.69) is 36.5 Å². The van der Waals surface area contributed by atoms with Crippen molar-refractivity contribution in [3.63, 3.8) is 0 Å². The van der Waals surface area contributed by atoms with Crippen LogP contribution in [0.2, 0.25) is 0 Å². The number of hydrogen-bond acceptors (Lipinski definition) is 2. The van der Waals surface area contributed by atoms with Crippen LogP contribution in [-0.2, 0) is 11.3 Å². The molecule has 1 aliphatic rings. The van der Waals surface area contributed by atoms with E-state index in [1.165, 1.54) is 18.4 Å². The summed E-state index contributed by atoms with van der Waals surface area (Å²) in [7, 11) is 0. The minimum Gasteiger partial charge on any atom is -0.352 e. The lowest BCUT2D eigenvalue weighted by Crippen LogP contribution is -2.35. The standard InChI is InChI=1S/C21H23N3O/c1-15-10-12-16(13-11-15)21-23-18-8-4-5-9-19(18)24(21)14-20(25)22-17-6-2-3-7-17/h4-5,8-13,17H,2-3,6-7,14H2,1H3,(H,22,25). The minimum atomic E-state index is 0.0726. The molecule has 0 aliphatic heterocycles. The fraction of sp³-hybridized carbons (Fsp3) is 0.333. The Labute approximate surface area is 147 Å². The Morgan fingerprint density at radius 3 is 2.60 bits per heavy atom. The molecule has 1 amide bonds. The number of aromatic nitrogens is 2. The van der Waals surface area contributed by atoms with Gasteiger partial charge in [-0.05, 0) is 31.9 Å². The topological polar surface area (TPSA) is 46.9 Å². The molecule has 1 heterocycles. The van der Waals surface area contributed by atoms with Crippen molar-refractivity contribution in [2.24, 2.45) is 0 Å². The highest BCUT2D eigenvalue weighted by Gasteiger charge is 2.19. The quantitative estimate of drug-likeness (QED) is 0.782. The summed E-state index contributed by atoms with van der Waals surface area (Å²) < 4.78 is 2.03. The van der Waals surface area contributed by atoms with Gasteiger partial charge >= 0.3 is 0 Å². The Balaban J connectivity index is 1.69. The van der Waals surface area contributed by atoms with Crippen LogP contribution in [0.1, 0.15) is 31.2 Å². The Bertz CT molecular complexity index is 889. The number of benzene rings is 2. The zero-order valence-corrected chi connectivity index (χ0v) is 14.5. The molecule has 4 nitrogen and oxygen atoms in total. The predicted molar refractivity (Wildman–Crippen MR) is 100 cm³/mol. The van der Waals surface area contributed by atoms with Crippen molar-refractivity contribution in [2.45, 2.75) is 45.2 Å². The van der Waals surface area contributed by atoms with Gasteiger partial charge in [0.05, 0.1) is 11.0 Å². The van der Waals surface area contributed by atoms with E-state index >= 15 is 0 Å². The van der Waals surface area contributed by atoms with Crippen LogP contribution in [0.15, 0.2) is 48.5 Å². The summed E-state index contributed by atoms with van der Waals surface area (Å²) in [6, 6.07) is 16.6. The van der Waals surface area contributed by atoms with Crippen molar-refractivity contribution >= 4 is 16.9 Å². The lowest BCUT2D eigenvalue weighted by atomic mass is 10.1. The highest BCUT2D eigenvalue weighted by Crippen LogP contribution is 2.25. The number of para-hydroxylation sites is 2. The van der Waals surface area contributed by atoms with E-state index in [4.69, 9.17) is 4.98 Å². The predicted octanol–water partition coefficient (Wildman–Crippen LogP) is 4.07. The third-order valence-electron chi connectivity index (χ3n) is 4.99. The molecule has 0 bridgehead atoms. The second-order valence-corrected chi connectivity index (χ2v) is 6.93. The normalized spacial score (nSPS) is 14.9. The van der Waals surface area contributed by atoms with E-state index in [9.17, 15) is 4.79 Å². The molecule has 0 saturated heterocycles. The maximum atomic E-state index is 12.6. The van der Waals surface area contributed by atoms with Gasteiger partial charge < -0.3 is 9.88 Å². The number of fused-ring (bicyclic) bond motifs is 1. The number of carbonyl (C=O) groups is 1. The molecule has 1 aliphatic carbocycles. The molecule has 4 heteroatoms. The fourth-order valence-corrected chi connectivity index (χ4v) is 3.65. The largest absolute Gasteiger partial charge is 0.352 e. The van der Waals surface area contributed by atoms with Crippen LogP contribution in [0.5, 0.6) is 0 Å². The maximum Gasteiger partial charge on any atom is 0.240 e. The van der Waals surface area contributed by atoms with Crippen molar-refractivity contribution in [3.05, 3.63) is 54.1 Å². The molecule has 1 saturated carbocycles. The van der Waals surface area contributed by atoms with E-state index in [0.717, 1.165) is 35.3 Å². The lowest BCUT2D eigenvalue weighted by Gasteiger charge is -2.14. The van der Waals surface area contributed by atoms with Crippen LogP contribution < -0.4 is 5.32 Å². The molecule has 2 aromatic carbocycles. The van der Waals surface area contributed by atoms with Crippen molar-refractivity contribution in [1.29, 1.82) is 0 Å². The first-order valence-electron chi connectivity index (χ1n) is 9.02. The van der Waals surface area contributed by atoms with Gasteiger partial charge in [0.25, 0.3) is 0 Å². The van der Waals surface area contributed by atoms with Crippen LogP contribution in [0, 0.1) is 6.92 Å². The molecule has 0 unspecified atom stereocenters. The summed E-state index contributed by atoms with van der Waals surface area (Å²) in [6.07, 6.45) is 4.63.